The Morgan fingerprint density at radius 1 is 1.55 bits per heavy atom. The van der Waals surface area contributed by atoms with Crippen LogP contribution in [0.15, 0.2) is 11.2 Å². The molecule has 0 saturated carbocycles. The second kappa shape index (κ2) is 5.92. The first-order valence-electron chi connectivity index (χ1n) is 6.76. The predicted octanol–water partition coefficient (Wildman–Crippen LogP) is 0.261. The number of aryl methyl sites for hydroxylation is 1. The molecule has 112 valence electrons. The van der Waals surface area contributed by atoms with Crippen LogP contribution in [0, 0.1) is 0 Å². The number of imidazole rings is 1. The number of hydrogen-bond acceptors (Lipinski definition) is 4. The summed E-state index contributed by atoms with van der Waals surface area (Å²) in [5.74, 6) is 0.721. The van der Waals surface area contributed by atoms with Gasteiger partial charge in [0.25, 0.3) is 10.0 Å². The van der Waals surface area contributed by atoms with Gasteiger partial charge in [0.05, 0.1) is 6.20 Å². The van der Waals surface area contributed by atoms with Gasteiger partial charge in [0.2, 0.25) is 5.91 Å². The first-order chi connectivity index (χ1) is 9.42. The number of sulfonamides is 1. The van der Waals surface area contributed by atoms with Crippen molar-refractivity contribution in [3.05, 3.63) is 12.0 Å². The summed E-state index contributed by atoms with van der Waals surface area (Å²) >= 11 is 0. The number of amides is 1. The van der Waals surface area contributed by atoms with Crippen LogP contribution in [0.1, 0.15) is 32.5 Å². The first-order valence-corrected chi connectivity index (χ1v) is 8.24. The van der Waals surface area contributed by atoms with Crippen molar-refractivity contribution < 1.29 is 13.2 Å². The topological polar surface area (TPSA) is 95.2 Å². The molecule has 0 radical (unpaired) electrons. The zero-order valence-electron chi connectivity index (χ0n) is 11.7. The molecule has 1 amide bonds. The number of rotatable bonds is 6. The fourth-order valence-corrected chi connectivity index (χ4v) is 3.43. The van der Waals surface area contributed by atoms with E-state index in [1.807, 2.05) is 6.92 Å². The van der Waals surface area contributed by atoms with Gasteiger partial charge in [-0.15, -0.1) is 0 Å². The van der Waals surface area contributed by atoms with Crippen molar-refractivity contribution in [1.29, 1.82) is 0 Å². The lowest BCUT2D eigenvalue weighted by Crippen LogP contribution is -2.42. The molecule has 0 bridgehead atoms. The third-order valence-corrected chi connectivity index (χ3v) is 4.75. The summed E-state index contributed by atoms with van der Waals surface area (Å²) in [5, 5.41) is 0.0638. The van der Waals surface area contributed by atoms with Gasteiger partial charge in [-0.2, -0.15) is 0 Å². The van der Waals surface area contributed by atoms with Gasteiger partial charge in [0, 0.05) is 32.0 Å². The molecular weight excluding hydrogens is 280 g/mol. The Labute approximate surface area is 118 Å². The van der Waals surface area contributed by atoms with Crippen LogP contribution in [0.25, 0.3) is 0 Å². The van der Waals surface area contributed by atoms with Crippen molar-refractivity contribution in [2.75, 3.05) is 13.1 Å². The molecular formula is C12H20N4O3S. The van der Waals surface area contributed by atoms with Crippen LogP contribution in [0.2, 0.25) is 0 Å². The van der Waals surface area contributed by atoms with Crippen LogP contribution in [0.5, 0.6) is 0 Å². The van der Waals surface area contributed by atoms with Crippen LogP contribution in [0.3, 0.4) is 0 Å². The minimum Gasteiger partial charge on any atom is -0.341 e. The van der Waals surface area contributed by atoms with Crippen molar-refractivity contribution in [3.8, 4) is 0 Å². The van der Waals surface area contributed by atoms with E-state index in [1.54, 1.807) is 11.8 Å². The largest absolute Gasteiger partial charge is 0.341 e. The minimum absolute atomic E-state index is 0.0638. The first kappa shape index (κ1) is 15.0. The molecule has 0 aromatic carbocycles. The van der Waals surface area contributed by atoms with Gasteiger partial charge in [-0.3, -0.25) is 4.79 Å². The maximum atomic E-state index is 12.1. The molecule has 0 aliphatic carbocycles. The van der Waals surface area contributed by atoms with E-state index in [0.717, 1.165) is 6.42 Å². The highest BCUT2D eigenvalue weighted by Gasteiger charge is 2.25. The highest BCUT2D eigenvalue weighted by Crippen LogP contribution is 2.11. The normalized spacial score (nSPS) is 17.7. The monoisotopic (exact) mass is 300 g/mol. The Bertz CT molecular complexity index is 581. The summed E-state index contributed by atoms with van der Waals surface area (Å²) in [6, 6.07) is -0.338. The predicted molar refractivity (Wildman–Crippen MR) is 73.6 cm³/mol. The molecule has 2 heterocycles. The van der Waals surface area contributed by atoms with Gasteiger partial charge in [-0.25, -0.2) is 18.1 Å². The molecule has 20 heavy (non-hydrogen) atoms. The van der Waals surface area contributed by atoms with Crippen molar-refractivity contribution in [1.82, 2.24) is 19.6 Å². The number of nitrogens with zero attached hydrogens (tertiary/aromatic N) is 2. The molecule has 1 aliphatic rings. The van der Waals surface area contributed by atoms with Crippen molar-refractivity contribution in [2.24, 2.45) is 0 Å². The van der Waals surface area contributed by atoms with Gasteiger partial charge >= 0.3 is 0 Å². The summed E-state index contributed by atoms with van der Waals surface area (Å²) < 4.78 is 26.8. The van der Waals surface area contributed by atoms with Crippen molar-refractivity contribution >= 4 is 15.9 Å². The lowest BCUT2D eigenvalue weighted by molar-refractivity contribution is -0.127. The average Bonchev–Trinajstić information content (AvgIpc) is 2.98. The summed E-state index contributed by atoms with van der Waals surface area (Å²) in [7, 11) is -3.61. The van der Waals surface area contributed by atoms with Gasteiger partial charge in [0.15, 0.2) is 5.03 Å². The highest BCUT2D eigenvalue weighted by atomic mass is 32.2. The molecule has 1 aromatic heterocycles. The van der Waals surface area contributed by atoms with Crippen molar-refractivity contribution in [3.63, 3.8) is 0 Å². The van der Waals surface area contributed by atoms with Crippen LogP contribution in [-0.4, -0.2) is 48.3 Å². The molecule has 1 fully saturated rings. The molecule has 7 nitrogen and oxygen atoms in total. The second-order valence-corrected chi connectivity index (χ2v) is 6.70. The van der Waals surface area contributed by atoms with Crippen molar-refractivity contribution in [2.45, 2.75) is 44.2 Å². The lowest BCUT2D eigenvalue weighted by atomic mass is 10.3. The number of H-pyrrole nitrogens is 1. The molecule has 1 saturated heterocycles. The number of likely N-dealkylation sites (tertiary alicyclic amines) is 1. The second-order valence-electron chi connectivity index (χ2n) is 5.01. The fraction of sp³-hybridized carbons (Fsp3) is 0.667. The van der Waals surface area contributed by atoms with Gasteiger partial charge < -0.3 is 9.88 Å². The summed E-state index contributed by atoms with van der Waals surface area (Å²) in [6.45, 7) is 4.74. The molecule has 1 unspecified atom stereocenters. The van der Waals surface area contributed by atoms with E-state index in [-0.39, 0.29) is 17.0 Å². The van der Waals surface area contributed by atoms with E-state index in [2.05, 4.69) is 14.7 Å². The van der Waals surface area contributed by atoms with Gasteiger partial charge in [0.1, 0.15) is 5.82 Å². The quantitative estimate of drug-likeness (QED) is 0.788. The van der Waals surface area contributed by atoms with E-state index >= 15 is 0 Å². The van der Waals surface area contributed by atoms with E-state index in [1.165, 1.54) is 6.20 Å². The zero-order valence-corrected chi connectivity index (χ0v) is 12.5. The Morgan fingerprint density at radius 2 is 2.30 bits per heavy atom. The maximum absolute atomic E-state index is 12.1. The Kier molecular flexibility index (Phi) is 4.44. The summed E-state index contributed by atoms with van der Waals surface area (Å²) in [4.78, 5) is 20.0. The fourth-order valence-electron chi connectivity index (χ4n) is 2.25. The summed E-state index contributed by atoms with van der Waals surface area (Å²) in [6.07, 6.45) is 3.36. The van der Waals surface area contributed by atoms with E-state index in [4.69, 9.17) is 0 Å². The van der Waals surface area contributed by atoms with E-state index < -0.39 is 10.0 Å². The highest BCUT2D eigenvalue weighted by molar-refractivity contribution is 7.89. The van der Waals surface area contributed by atoms with Crippen LogP contribution in [-0.2, 0) is 21.2 Å². The maximum Gasteiger partial charge on any atom is 0.257 e. The number of hydrogen-bond donors (Lipinski definition) is 2. The lowest BCUT2D eigenvalue weighted by Gasteiger charge is -2.21. The van der Waals surface area contributed by atoms with Gasteiger partial charge in [-0.05, 0) is 13.3 Å². The summed E-state index contributed by atoms with van der Waals surface area (Å²) in [5.41, 5.74) is 0. The van der Waals surface area contributed by atoms with Crippen LogP contribution < -0.4 is 4.72 Å². The molecule has 2 rings (SSSR count). The SMILES string of the molecule is CCc1ncc(S(=O)(=O)NC(C)CN2CCCC2=O)[nH]1. The van der Waals surface area contributed by atoms with Crippen LogP contribution in [0.4, 0.5) is 0 Å². The number of aromatic nitrogens is 2. The Morgan fingerprint density at radius 3 is 2.85 bits per heavy atom. The number of carbonyl (C=O) groups is 1. The number of carbonyl (C=O) groups excluding carboxylic acids is 1. The molecule has 1 aromatic rings. The van der Waals surface area contributed by atoms with Gasteiger partial charge in [-0.1, -0.05) is 6.92 Å². The minimum atomic E-state index is -3.61. The van der Waals surface area contributed by atoms with E-state index in [0.29, 0.717) is 31.8 Å². The molecule has 8 heteroatoms. The van der Waals surface area contributed by atoms with Crippen LogP contribution >= 0.6 is 0 Å². The number of aromatic amines is 1. The van der Waals surface area contributed by atoms with E-state index in [9.17, 15) is 13.2 Å². The standard InChI is InChI=1S/C12H20N4O3S/c1-3-10-13-7-11(14-10)20(18,19)15-9(2)8-16-6-4-5-12(16)17/h7,9,15H,3-6,8H2,1-2H3,(H,13,14). The average molecular weight is 300 g/mol. The molecule has 0 spiro atoms. The molecule has 1 atom stereocenters. The third kappa shape index (κ3) is 3.37. The molecule has 1 aliphatic heterocycles. The zero-order chi connectivity index (χ0) is 14.8. The Balaban J connectivity index is 1.98. The number of nitrogens with one attached hydrogen (secondary N) is 2. The Hall–Kier alpha value is -1.41. The third-order valence-electron chi connectivity index (χ3n) is 3.25. The molecule has 2 N–H and O–H groups in total. The smallest absolute Gasteiger partial charge is 0.257 e.